The SMILES string of the molecule is CCCc1nc(-c2ccc3c(c2)N(CC(=O)NCCc2ccccc2)C(=O)CO3)cs1. The Morgan fingerprint density at radius 1 is 1.19 bits per heavy atom. The topological polar surface area (TPSA) is 71.5 Å². The Labute approximate surface area is 185 Å². The molecule has 0 fully saturated rings. The smallest absolute Gasteiger partial charge is 0.265 e. The number of carbonyl (C=O) groups is 2. The van der Waals surface area contributed by atoms with Crippen molar-refractivity contribution in [3.05, 3.63) is 64.5 Å². The van der Waals surface area contributed by atoms with Crippen LogP contribution >= 0.6 is 11.3 Å². The number of amides is 2. The summed E-state index contributed by atoms with van der Waals surface area (Å²) in [5, 5.41) is 6.03. The highest BCUT2D eigenvalue weighted by molar-refractivity contribution is 7.09. The quantitative estimate of drug-likeness (QED) is 0.583. The van der Waals surface area contributed by atoms with Crippen molar-refractivity contribution in [3.8, 4) is 17.0 Å². The van der Waals surface area contributed by atoms with Gasteiger partial charge in [-0.25, -0.2) is 4.98 Å². The molecule has 6 nitrogen and oxygen atoms in total. The van der Waals surface area contributed by atoms with E-state index in [1.165, 1.54) is 4.90 Å². The van der Waals surface area contributed by atoms with E-state index in [0.29, 0.717) is 18.0 Å². The van der Waals surface area contributed by atoms with E-state index in [-0.39, 0.29) is 25.0 Å². The van der Waals surface area contributed by atoms with Crippen LogP contribution in [0, 0.1) is 0 Å². The van der Waals surface area contributed by atoms with E-state index in [0.717, 1.165) is 41.1 Å². The highest BCUT2D eigenvalue weighted by atomic mass is 32.1. The van der Waals surface area contributed by atoms with Gasteiger partial charge < -0.3 is 10.1 Å². The lowest BCUT2D eigenvalue weighted by Crippen LogP contribution is -2.45. The number of aromatic nitrogens is 1. The first kappa shape index (κ1) is 21.1. The van der Waals surface area contributed by atoms with E-state index >= 15 is 0 Å². The Morgan fingerprint density at radius 2 is 2.03 bits per heavy atom. The molecule has 0 spiro atoms. The van der Waals surface area contributed by atoms with Gasteiger partial charge in [0.05, 0.1) is 16.4 Å². The summed E-state index contributed by atoms with van der Waals surface area (Å²) in [6.45, 7) is 2.55. The van der Waals surface area contributed by atoms with Gasteiger partial charge in [-0.1, -0.05) is 37.3 Å². The summed E-state index contributed by atoms with van der Waals surface area (Å²) < 4.78 is 5.58. The zero-order chi connectivity index (χ0) is 21.6. The van der Waals surface area contributed by atoms with Crippen molar-refractivity contribution in [2.24, 2.45) is 0 Å². The molecule has 0 aliphatic carbocycles. The standard InChI is InChI=1S/C24H25N3O3S/c1-2-6-23-26-19(16-31-23)18-9-10-21-20(13-18)27(24(29)15-30-21)14-22(28)25-12-11-17-7-4-3-5-8-17/h3-5,7-10,13,16H,2,6,11-12,14-15H2,1H3,(H,25,28). The molecule has 7 heteroatoms. The number of nitrogens with one attached hydrogen (secondary N) is 1. The molecule has 3 aromatic rings. The fourth-order valence-electron chi connectivity index (χ4n) is 3.50. The number of benzene rings is 2. The molecule has 0 unspecified atom stereocenters. The molecule has 2 aromatic carbocycles. The van der Waals surface area contributed by atoms with Crippen molar-refractivity contribution >= 4 is 28.8 Å². The van der Waals surface area contributed by atoms with Gasteiger partial charge in [0.15, 0.2) is 6.61 Å². The number of fused-ring (bicyclic) bond motifs is 1. The Bertz CT molecular complexity index is 1060. The molecule has 0 radical (unpaired) electrons. The van der Waals surface area contributed by atoms with Gasteiger partial charge in [0.1, 0.15) is 12.3 Å². The third-order valence-electron chi connectivity index (χ3n) is 5.09. The first-order chi connectivity index (χ1) is 15.1. The number of carbonyl (C=O) groups excluding carboxylic acids is 2. The Kier molecular flexibility index (Phi) is 6.62. The Morgan fingerprint density at radius 3 is 2.84 bits per heavy atom. The molecule has 2 heterocycles. The molecule has 0 saturated heterocycles. The minimum Gasteiger partial charge on any atom is -0.482 e. The van der Waals surface area contributed by atoms with E-state index in [1.807, 2.05) is 53.9 Å². The van der Waals surface area contributed by atoms with Crippen LogP contribution in [0.2, 0.25) is 0 Å². The van der Waals surface area contributed by atoms with E-state index in [4.69, 9.17) is 4.74 Å². The summed E-state index contributed by atoms with van der Waals surface area (Å²) in [6, 6.07) is 15.6. The third kappa shape index (κ3) is 5.11. The largest absolute Gasteiger partial charge is 0.482 e. The lowest BCUT2D eigenvalue weighted by molar-refractivity contribution is -0.125. The fourth-order valence-corrected chi connectivity index (χ4v) is 4.41. The van der Waals surface area contributed by atoms with E-state index < -0.39 is 0 Å². The van der Waals surface area contributed by atoms with Gasteiger partial charge in [0.2, 0.25) is 5.91 Å². The van der Waals surface area contributed by atoms with Gasteiger partial charge in [-0.05, 0) is 43.0 Å². The maximum absolute atomic E-state index is 12.5. The second-order valence-electron chi connectivity index (χ2n) is 7.41. The molecule has 2 amide bonds. The summed E-state index contributed by atoms with van der Waals surface area (Å²) in [4.78, 5) is 31.3. The molecule has 31 heavy (non-hydrogen) atoms. The zero-order valence-electron chi connectivity index (χ0n) is 17.5. The van der Waals surface area contributed by atoms with Crippen molar-refractivity contribution < 1.29 is 14.3 Å². The average Bonchev–Trinajstić information content (AvgIpc) is 3.25. The first-order valence-electron chi connectivity index (χ1n) is 10.5. The number of nitrogens with zero attached hydrogens (tertiary/aromatic N) is 2. The molecular weight excluding hydrogens is 410 g/mol. The number of hydrogen-bond acceptors (Lipinski definition) is 5. The predicted molar refractivity (Wildman–Crippen MR) is 123 cm³/mol. The molecule has 0 atom stereocenters. The number of hydrogen-bond donors (Lipinski definition) is 1. The van der Waals surface area contributed by atoms with Crippen molar-refractivity contribution in [1.29, 1.82) is 0 Å². The lowest BCUT2D eigenvalue weighted by atomic mass is 10.1. The maximum atomic E-state index is 12.5. The normalized spacial score (nSPS) is 12.9. The number of ether oxygens (including phenoxy) is 1. The van der Waals surface area contributed by atoms with Crippen LogP contribution in [0.25, 0.3) is 11.3 Å². The van der Waals surface area contributed by atoms with Gasteiger partial charge in [0, 0.05) is 17.5 Å². The highest BCUT2D eigenvalue weighted by Crippen LogP contribution is 2.36. The second kappa shape index (κ2) is 9.75. The van der Waals surface area contributed by atoms with Gasteiger partial charge in [0.25, 0.3) is 5.91 Å². The minimum absolute atomic E-state index is 0.0361. The lowest BCUT2D eigenvalue weighted by Gasteiger charge is -2.29. The third-order valence-corrected chi connectivity index (χ3v) is 6.00. The van der Waals surface area contributed by atoms with Crippen LogP contribution in [0.1, 0.15) is 23.9 Å². The van der Waals surface area contributed by atoms with Crippen LogP contribution in [0.3, 0.4) is 0 Å². The van der Waals surface area contributed by atoms with Crippen LogP contribution in [0.5, 0.6) is 5.75 Å². The van der Waals surface area contributed by atoms with Gasteiger partial charge >= 0.3 is 0 Å². The van der Waals surface area contributed by atoms with Crippen LogP contribution in [-0.2, 0) is 22.4 Å². The summed E-state index contributed by atoms with van der Waals surface area (Å²) in [6.07, 6.45) is 2.74. The monoisotopic (exact) mass is 435 g/mol. The van der Waals surface area contributed by atoms with E-state index in [9.17, 15) is 9.59 Å². The van der Waals surface area contributed by atoms with Crippen LogP contribution in [0.15, 0.2) is 53.9 Å². The highest BCUT2D eigenvalue weighted by Gasteiger charge is 2.28. The van der Waals surface area contributed by atoms with Crippen molar-refractivity contribution in [2.45, 2.75) is 26.2 Å². The van der Waals surface area contributed by atoms with Crippen LogP contribution < -0.4 is 15.0 Å². The molecule has 160 valence electrons. The second-order valence-corrected chi connectivity index (χ2v) is 8.36. The van der Waals surface area contributed by atoms with Gasteiger partial charge in [-0.2, -0.15) is 0 Å². The molecular formula is C24H25N3O3S. The van der Waals surface area contributed by atoms with Crippen molar-refractivity contribution in [3.63, 3.8) is 0 Å². The minimum atomic E-state index is -0.229. The van der Waals surface area contributed by atoms with Crippen molar-refractivity contribution in [2.75, 3.05) is 24.6 Å². The van der Waals surface area contributed by atoms with E-state index in [2.05, 4.69) is 17.2 Å². The summed E-state index contributed by atoms with van der Waals surface area (Å²) in [5.41, 5.74) is 3.55. The Hall–Kier alpha value is -3.19. The van der Waals surface area contributed by atoms with Crippen molar-refractivity contribution in [1.82, 2.24) is 10.3 Å². The van der Waals surface area contributed by atoms with Gasteiger partial charge in [-0.15, -0.1) is 11.3 Å². The molecule has 0 saturated carbocycles. The first-order valence-corrected chi connectivity index (χ1v) is 11.3. The summed E-state index contributed by atoms with van der Waals surface area (Å²) in [5.74, 6) is 0.179. The number of anilines is 1. The maximum Gasteiger partial charge on any atom is 0.265 e. The predicted octanol–water partition coefficient (Wildman–Crippen LogP) is 3.85. The summed E-state index contributed by atoms with van der Waals surface area (Å²) >= 11 is 1.64. The molecule has 0 bridgehead atoms. The molecule has 1 N–H and O–H groups in total. The molecule has 1 aliphatic heterocycles. The molecule has 1 aliphatic rings. The number of thiazole rings is 1. The molecule has 1 aromatic heterocycles. The fraction of sp³-hybridized carbons (Fsp3) is 0.292. The van der Waals surface area contributed by atoms with Gasteiger partial charge in [-0.3, -0.25) is 14.5 Å². The summed E-state index contributed by atoms with van der Waals surface area (Å²) in [7, 11) is 0. The van der Waals surface area contributed by atoms with Crippen LogP contribution in [0.4, 0.5) is 5.69 Å². The Balaban J connectivity index is 1.46. The number of aryl methyl sites for hydroxylation is 1. The van der Waals surface area contributed by atoms with Crippen LogP contribution in [-0.4, -0.2) is 36.5 Å². The molecule has 4 rings (SSSR count). The van der Waals surface area contributed by atoms with E-state index in [1.54, 1.807) is 11.3 Å². The zero-order valence-corrected chi connectivity index (χ0v) is 18.3. The average molecular weight is 436 g/mol. The number of rotatable bonds is 8.